The summed E-state index contributed by atoms with van der Waals surface area (Å²) in [7, 11) is -2.43. The monoisotopic (exact) mass is 474 g/mol. The fourth-order valence-electron chi connectivity index (χ4n) is 2.78. The standard InChI is InChI=1S/C21H19ClN4O5S/c1-13(27)15-11-19(26(2)12-15)21(29)24-23-20(28)14-6-5-7-16(10-14)32(30,31)25-18-9-4-3-8-17(18)22/h3-12,25H,1-2H3,(H,23,28)(H,24,29). The Hall–Kier alpha value is -3.63. The maximum Gasteiger partial charge on any atom is 0.286 e. The second-order valence-corrected chi connectivity index (χ2v) is 8.89. The third kappa shape index (κ3) is 5.16. The number of hydrazine groups is 1. The van der Waals surface area contributed by atoms with Crippen molar-refractivity contribution in [2.75, 3.05) is 4.72 Å². The number of para-hydroxylation sites is 1. The average Bonchev–Trinajstić information content (AvgIpc) is 3.15. The maximum atomic E-state index is 12.7. The molecule has 166 valence electrons. The van der Waals surface area contributed by atoms with E-state index in [1.165, 1.54) is 54.1 Å². The van der Waals surface area contributed by atoms with Gasteiger partial charge in [-0.25, -0.2) is 8.42 Å². The molecule has 0 aliphatic rings. The first kappa shape index (κ1) is 23.0. The molecule has 9 nitrogen and oxygen atoms in total. The Morgan fingerprint density at radius 3 is 2.25 bits per heavy atom. The summed E-state index contributed by atoms with van der Waals surface area (Å²) in [6, 6.07) is 13.0. The molecular formula is C21H19ClN4O5S. The minimum atomic E-state index is -4.01. The molecule has 0 unspecified atom stereocenters. The first-order chi connectivity index (χ1) is 15.1. The lowest BCUT2D eigenvalue weighted by Gasteiger charge is -2.11. The molecule has 0 radical (unpaired) electrons. The second kappa shape index (κ2) is 9.25. The van der Waals surface area contributed by atoms with E-state index in [-0.39, 0.29) is 32.6 Å². The maximum absolute atomic E-state index is 12.7. The van der Waals surface area contributed by atoms with E-state index >= 15 is 0 Å². The number of amides is 2. The van der Waals surface area contributed by atoms with Crippen molar-refractivity contribution in [2.24, 2.45) is 7.05 Å². The number of rotatable bonds is 6. The Labute approximate surface area is 189 Å². The molecule has 3 aromatic rings. The third-order valence-corrected chi connectivity index (χ3v) is 6.15. The number of carbonyl (C=O) groups is 3. The molecule has 32 heavy (non-hydrogen) atoms. The van der Waals surface area contributed by atoms with Crippen LogP contribution in [-0.2, 0) is 17.1 Å². The molecule has 0 aliphatic carbocycles. The average molecular weight is 475 g/mol. The van der Waals surface area contributed by atoms with Crippen molar-refractivity contribution in [1.29, 1.82) is 0 Å². The van der Waals surface area contributed by atoms with Crippen LogP contribution < -0.4 is 15.6 Å². The summed E-state index contributed by atoms with van der Waals surface area (Å²) < 4.78 is 29.2. The summed E-state index contributed by atoms with van der Waals surface area (Å²) in [6.45, 7) is 1.38. The molecule has 2 amide bonds. The first-order valence-corrected chi connectivity index (χ1v) is 11.1. The van der Waals surface area contributed by atoms with Crippen molar-refractivity contribution < 1.29 is 22.8 Å². The van der Waals surface area contributed by atoms with Gasteiger partial charge in [-0.2, -0.15) is 0 Å². The second-order valence-electron chi connectivity index (χ2n) is 6.80. The highest BCUT2D eigenvalue weighted by molar-refractivity contribution is 7.92. The lowest BCUT2D eigenvalue weighted by molar-refractivity contribution is 0.0842. The van der Waals surface area contributed by atoms with Crippen molar-refractivity contribution in [3.8, 4) is 0 Å². The number of halogens is 1. The van der Waals surface area contributed by atoms with Crippen molar-refractivity contribution in [3.63, 3.8) is 0 Å². The SMILES string of the molecule is CC(=O)c1cc(C(=O)NNC(=O)c2cccc(S(=O)(=O)Nc3ccccc3Cl)c2)n(C)c1. The molecule has 0 aliphatic heterocycles. The summed E-state index contributed by atoms with van der Waals surface area (Å²) in [5, 5.41) is 0.223. The predicted molar refractivity (Wildman–Crippen MR) is 119 cm³/mol. The van der Waals surface area contributed by atoms with E-state index < -0.39 is 21.8 Å². The molecular weight excluding hydrogens is 456 g/mol. The highest BCUT2D eigenvalue weighted by Gasteiger charge is 2.19. The fraction of sp³-hybridized carbons (Fsp3) is 0.0952. The highest BCUT2D eigenvalue weighted by atomic mass is 35.5. The van der Waals surface area contributed by atoms with E-state index in [0.717, 1.165) is 6.07 Å². The largest absolute Gasteiger partial charge is 0.346 e. The van der Waals surface area contributed by atoms with Crippen LogP contribution in [0.5, 0.6) is 0 Å². The van der Waals surface area contributed by atoms with Gasteiger partial charge in [-0.15, -0.1) is 0 Å². The number of hydrogen-bond acceptors (Lipinski definition) is 5. The Morgan fingerprint density at radius 1 is 0.906 bits per heavy atom. The van der Waals surface area contributed by atoms with Gasteiger partial charge in [-0.05, 0) is 43.3 Å². The topological polar surface area (TPSA) is 126 Å². The number of nitrogens with one attached hydrogen (secondary N) is 3. The highest BCUT2D eigenvalue weighted by Crippen LogP contribution is 2.24. The van der Waals surface area contributed by atoms with Gasteiger partial charge in [0.15, 0.2) is 5.78 Å². The summed E-state index contributed by atoms with van der Waals surface area (Å²) in [5.74, 6) is -1.57. The zero-order valence-electron chi connectivity index (χ0n) is 17.0. The minimum Gasteiger partial charge on any atom is -0.346 e. The zero-order chi connectivity index (χ0) is 23.5. The molecule has 0 fully saturated rings. The molecule has 0 bridgehead atoms. The molecule has 1 heterocycles. The van der Waals surface area contributed by atoms with Crippen molar-refractivity contribution in [3.05, 3.63) is 82.6 Å². The normalized spacial score (nSPS) is 11.0. The molecule has 3 rings (SSSR count). The molecule has 3 N–H and O–H groups in total. The summed E-state index contributed by atoms with van der Waals surface area (Å²) in [5.41, 5.74) is 5.19. The predicted octanol–water partition coefficient (Wildman–Crippen LogP) is 2.76. The van der Waals surface area contributed by atoms with Crippen LogP contribution in [0, 0.1) is 0 Å². The number of Topliss-reactive ketones (excluding diaryl/α,β-unsaturated/α-hetero) is 1. The first-order valence-electron chi connectivity index (χ1n) is 9.24. The van der Waals surface area contributed by atoms with E-state index in [1.54, 1.807) is 19.2 Å². The third-order valence-electron chi connectivity index (χ3n) is 4.46. The molecule has 0 saturated heterocycles. The van der Waals surface area contributed by atoms with E-state index in [1.807, 2.05) is 0 Å². The molecule has 11 heteroatoms. The van der Waals surface area contributed by atoms with E-state index in [2.05, 4.69) is 15.6 Å². The lowest BCUT2D eigenvalue weighted by Crippen LogP contribution is -2.42. The number of ketones is 1. The van der Waals surface area contributed by atoms with Crippen molar-refractivity contribution >= 4 is 44.9 Å². The summed E-state index contributed by atoms with van der Waals surface area (Å²) in [6.07, 6.45) is 1.50. The van der Waals surface area contributed by atoms with Crippen LogP contribution in [0.1, 0.15) is 38.1 Å². The van der Waals surface area contributed by atoms with Crippen molar-refractivity contribution in [1.82, 2.24) is 15.4 Å². The number of benzene rings is 2. The lowest BCUT2D eigenvalue weighted by atomic mass is 10.2. The van der Waals surface area contributed by atoms with Crippen LogP contribution in [0.15, 0.2) is 65.7 Å². The van der Waals surface area contributed by atoms with Crippen LogP contribution in [0.25, 0.3) is 0 Å². The Balaban J connectivity index is 1.72. The van der Waals surface area contributed by atoms with Gasteiger partial charge < -0.3 is 4.57 Å². The smallest absolute Gasteiger partial charge is 0.286 e. The van der Waals surface area contributed by atoms with Crippen molar-refractivity contribution in [2.45, 2.75) is 11.8 Å². The van der Waals surface area contributed by atoms with Crippen LogP contribution in [0.2, 0.25) is 5.02 Å². The number of anilines is 1. The number of aryl methyl sites for hydroxylation is 1. The van der Waals surface area contributed by atoms with Crippen LogP contribution in [-0.4, -0.2) is 30.6 Å². The summed E-state index contributed by atoms with van der Waals surface area (Å²) in [4.78, 5) is 36.1. The van der Waals surface area contributed by atoms with Gasteiger partial charge >= 0.3 is 0 Å². The number of aromatic nitrogens is 1. The molecule has 0 spiro atoms. The zero-order valence-corrected chi connectivity index (χ0v) is 18.6. The quantitative estimate of drug-likeness (QED) is 0.374. The van der Waals surface area contributed by atoms with Crippen LogP contribution in [0.3, 0.4) is 0 Å². The van der Waals surface area contributed by atoms with Gasteiger partial charge in [-0.1, -0.05) is 29.8 Å². The minimum absolute atomic E-state index is 0.00337. The van der Waals surface area contributed by atoms with Gasteiger partial charge in [0.05, 0.1) is 15.6 Å². The Kier molecular flexibility index (Phi) is 6.66. The Bertz CT molecular complexity index is 1320. The number of hydrogen-bond donors (Lipinski definition) is 3. The van der Waals surface area contributed by atoms with Gasteiger partial charge in [-0.3, -0.25) is 30.0 Å². The molecule has 0 atom stereocenters. The molecule has 0 saturated carbocycles. The number of carbonyl (C=O) groups excluding carboxylic acids is 3. The molecule has 2 aromatic carbocycles. The fourth-order valence-corrected chi connectivity index (χ4v) is 4.15. The van der Waals surface area contributed by atoms with E-state index in [0.29, 0.717) is 5.56 Å². The van der Waals surface area contributed by atoms with Gasteiger partial charge in [0.2, 0.25) is 0 Å². The van der Waals surface area contributed by atoms with Gasteiger partial charge in [0.25, 0.3) is 21.8 Å². The van der Waals surface area contributed by atoms with Gasteiger partial charge in [0, 0.05) is 24.4 Å². The van der Waals surface area contributed by atoms with E-state index in [4.69, 9.17) is 11.6 Å². The van der Waals surface area contributed by atoms with Crippen LogP contribution in [0.4, 0.5) is 5.69 Å². The summed E-state index contributed by atoms with van der Waals surface area (Å²) >= 11 is 6.00. The molecule has 1 aromatic heterocycles. The van der Waals surface area contributed by atoms with Crippen LogP contribution >= 0.6 is 11.6 Å². The number of sulfonamides is 1. The van der Waals surface area contributed by atoms with Gasteiger partial charge in [0.1, 0.15) is 5.69 Å². The Morgan fingerprint density at radius 2 is 1.59 bits per heavy atom. The number of nitrogens with zero attached hydrogens (tertiary/aromatic N) is 1. The van der Waals surface area contributed by atoms with E-state index in [9.17, 15) is 22.8 Å².